The van der Waals surface area contributed by atoms with E-state index in [0.717, 1.165) is 6.26 Å². The summed E-state index contributed by atoms with van der Waals surface area (Å²) in [5.74, 6) is 0.706. The molecule has 1 aromatic rings. The van der Waals surface area contributed by atoms with Crippen LogP contribution in [0.5, 0.6) is 0 Å². The first-order valence-corrected chi connectivity index (χ1v) is 8.75. The molecular formula is C14H25IN4O2S. The van der Waals surface area contributed by atoms with Crippen molar-refractivity contribution in [1.82, 2.24) is 15.4 Å². The normalized spacial score (nSPS) is 11.7. The summed E-state index contributed by atoms with van der Waals surface area (Å²) in [5, 5.41) is 6.38. The average Bonchev–Trinajstić information content (AvgIpc) is 2.42. The third-order valence-electron chi connectivity index (χ3n) is 2.94. The predicted octanol–water partition coefficient (Wildman–Crippen LogP) is 1.22. The van der Waals surface area contributed by atoms with Gasteiger partial charge in [0.1, 0.15) is 0 Å². The van der Waals surface area contributed by atoms with Crippen LogP contribution < -0.4 is 15.4 Å². The van der Waals surface area contributed by atoms with Crippen LogP contribution in [0.25, 0.3) is 0 Å². The zero-order valence-electron chi connectivity index (χ0n) is 13.2. The Labute approximate surface area is 150 Å². The quantitative estimate of drug-likeness (QED) is 0.258. The standard InChI is InChI=1S/C14H24N4O2S.HI/c1-12-7-4-5-8-13(12)11-17-14(15-2)16-9-6-10-18-21(3,19)20;/h4-5,7-8,18H,6,9-11H2,1-3H3,(H2,15,16,17);1H. The molecule has 3 N–H and O–H groups in total. The lowest BCUT2D eigenvalue weighted by Gasteiger charge is -2.13. The van der Waals surface area contributed by atoms with E-state index in [-0.39, 0.29) is 24.0 Å². The Balaban J connectivity index is 0.00000441. The first-order valence-electron chi connectivity index (χ1n) is 6.86. The van der Waals surface area contributed by atoms with Crippen LogP contribution in [0.15, 0.2) is 29.3 Å². The number of hydrogen-bond acceptors (Lipinski definition) is 3. The van der Waals surface area contributed by atoms with E-state index in [0.29, 0.717) is 32.0 Å². The van der Waals surface area contributed by atoms with Gasteiger partial charge < -0.3 is 10.6 Å². The van der Waals surface area contributed by atoms with E-state index in [2.05, 4.69) is 39.4 Å². The maximum atomic E-state index is 10.9. The first kappa shape index (κ1) is 21.1. The lowest BCUT2D eigenvalue weighted by molar-refractivity contribution is 0.584. The SMILES string of the molecule is CN=C(NCCCNS(C)(=O)=O)NCc1ccccc1C.I. The number of halogens is 1. The van der Waals surface area contributed by atoms with E-state index in [4.69, 9.17) is 0 Å². The fraction of sp³-hybridized carbons (Fsp3) is 0.500. The molecule has 0 unspecified atom stereocenters. The Morgan fingerprint density at radius 2 is 1.86 bits per heavy atom. The van der Waals surface area contributed by atoms with Gasteiger partial charge in [-0.05, 0) is 24.5 Å². The van der Waals surface area contributed by atoms with Crippen molar-refractivity contribution >= 4 is 40.0 Å². The van der Waals surface area contributed by atoms with Gasteiger partial charge in [0.2, 0.25) is 10.0 Å². The topological polar surface area (TPSA) is 82.6 Å². The third-order valence-corrected chi connectivity index (χ3v) is 3.67. The van der Waals surface area contributed by atoms with Gasteiger partial charge in [0, 0.05) is 26.7 Å². The zero-order chi connectivity index (χ0) is 15.7. The Morgan fingerprint density at radius 3 is 2.45 bits per heavy atom. The van der Waals surface area contributed by atoms with Crippen LogP contribution in [-0.4, -0.2) is 40.8 Å². The van der Waals surface area contributed by atoms with Crippen molar-refractivity contribution in [3.05, 3.63) is 35.4 Å². The third kappa shape index (κ3) is 9.21. The number of sulfonamides is 1. The summed E-state index contributed by atoms with van der Waals surface area (Å²) < 4.78 is 24.3. The first-order chi connectivity index (χ1) is 9.92. The summed E-state index contributed by atoms with van der Waals surface area (Å²) in [7, 11) is -1.39. The number of aryl methyl sites for hydroxylation is 1. The molecule has 0 saturated carbocycles. The Morgan fingerprint density at radius 1 is 1.18 bits per heavy atom. The summed E-state index contributed by atoms with van der Waals surface area (Å²) in [6.07, 6.45) is 1.85. The Bertz CT molecular complexity index is 576. The van der Waals surface area contributed by atoms with Crippen molar-refractivity contribution < 1.29 is 8.42 Å². The van der Waals surface area contributed by atoms with Gasteiger partial charge in [-0.15, -0.1) is 24.0 Å². The van der Waals surface area contributed by atoms with E-state index in [1.165, 1.54) is 11.1 Å². The molecule has 126 valence electrons. The minimum atomic E-state index is -3.11. The highest BCUT2D eigenvalue weighted by atomic mass is 127. The molecule has 22 heavy (non-hydrogen) atoms. The summed E-state index contributed by atoms with van der Waals surface area (Å²) in [6, 6.07) is 8.17. The molecule has 0 radical (unpaired) electrons. The van der Waals surface area contributed by atoms with Crippen LogP contribution >= 0.6 is 24.0 Å². The number of aliphatic imine (C=N–C) groups is 1. The Kier molecular flexibility index (Phi) is 10.4. The number of rotatable bonds is 7. The van der Waals surface area contributed by atoms with Gasteiger partial charge in [-0.25, -0.2) is 13.1 Å². The molecule has 1 rings (SSSR count). The molecular weight excluding hydrogens is 415 g/mol. The molecule has 0 aliphatic rings. The van der Waals surface area contributed by atoms with Gasteiger partial charge >= 0.3 is 0 Å². The lowest BCUT2D eigenvalue weighted by atomic mass is 10.1. The highest BCUT2D eigenvalue weighted by Gasteiger charge is 2.01. The number of nitrogens with zero attached hydrogens (tertiary/aromatic N) is 1. The molecule has 0 aliphatic heterocycles. The van der Waals surface area contributed by atoms with Crippen LogP contribution in [0.1, 0.15) is 17.5 Å². The largest absolute Gasteiger partial charge is 0.356 e. The average molecular weight is 440 g/mol. The van der Waals surface area contributed by atoms with Crippen LogP contribution in [0.2, 0.25) is 0 Å². The predicted molar refractivity (Wildman–Crippen MR) is 102 cm³/mol. The molecule has 0 amide bonds. The van der Waals surface area contributed by atoms with Gasteiger partial charge in [-0.2, -0.15) is 0 Å². The zero-order valence-corrected chi connectivity index (χ0v) is 16.4. The molecule has 0 fully saturated rings. The van der Waals surface area contributed by atoms with E-state index in [9.17, 15) is 8.42 Å². The fourth-order valence-corrected chi connectivity index (χ4v) is 2.28. The maximum absolute atomic E-state index is 10.9. The van der Waals surface area contributed by atoms with Crippen LogP contribution in [0.3, 0.4) is 0 Å². The molecule has 8 heteroatoms. The molecule has 0 heterocycles. The fourth-order valence-electron chi connectivity index (χ4n) is 1.76. The molecule has 1 aromatic carbocycles. The van der Waals surface area contributed by atoms with E-state index < -0.39 is 10.0 Å². The monoisotopic (exact) mass is 440 g/mol. The summed E-state index contributed by atoms with van der Waals surface area (Å²) >= 11 is 0. The van der Waals surface area contributed by atoms with Crippen LogP contribution in [-0.2, 0) is 16.6 Å². The van der Waals surface area contributed by atoms with Crippen molar-refractivity contribution in [3.63, 3.8) is 0 Å². The molecule has 0 aromatic heterocycles. The summed E-state index contributed by atoms with van der Waals surface area (Å²) in [6.45, 7) is 3.84. The van der Waals surface area contributed by atoms with Gasteiger partial charge in [-0.3, -0.25) is 4.99 Å². The second-order valence-corrected chi connectivity index (χ2v) is 6.63. The van der Waals surface area contributed by atoms with Crippen LogP contribution in [0, 0.1) is 6.92 Å². The van der Waals surface area contributed by atoms with Crippen molar-refractivity contribution in [1.29, 1.82) is 0 Å². The Hall–Kier alpha value is -0.870. The number of hydrogen-bond donors (Lipinski definition) is 3. The molecule has 0 aliphatic carbocycles. The number of benzene rings is 1. The molecule has 0 saturated heterocycles. The number of guanidine groups is 1. The van der Waals surface area contributed by atoms with Gasteiger partial charge in [-0.1, -0.05) is 24.3 Å². The van der Waals surface area contributed by atoms with Crippen LogP contribution in [0.4, 0.5) is 0 Å². The van der Waals surface area contributed by atoms with E-state index in [1.54, 1.807) is 7.05 Å². The molecule has 6 nitrogen and oxygen atoms in total. The van der Waals surface area contributed by atoms with E-state index in [1.807, 2.05) is 12.1 Å². The van der Waals surface area contributed by atoms with Gasteiger partial charge in [0.25, 0.3) is 0 Å². The summed E-state index contributed by atoms with van der Waals surface area (Å²) in [5.41, 5.74) is 2.46. The van der Waals surface area contributed by atoms with Crippen molar-refractivity contribution in [2.45, 2.75) is 19.9 Å². The smallest absolute Gasteiger partial charge is 0.208 e. The minimum absolute atomic E-state index is 0. The molecule has 0 spiro atoms. The van der Waals surface area contributed by atoms with Gasteiger partial charge in [0.15, 0.2) is 5.96 Å². The number of nitrogens with one attached hydrogen (secondary N) is 3. The van der Waals surface area contributed by atoms with Crippen molar-refractivity contribution in [3.8, 4) is 0 Å². The second kappa shape index (κ2) is 10.8. The second-order valence-electron chi connectivity index (χ2n) is 4.80. The van der Waals surface area contributed by atoms with E-state index >= 15 is 0 Å². The van der Waals surface area contributed by atoms with Crippen molar-refractivity contribution in [2.24, 2.45) is 4.99 Å². The lowest BCUT2D eigenvalue weighted by Crippen LogP contribution is -2.38. The maximum Gasteiger partial charge on any atom is 0.208 e. The molecule has 0 atom stereocenters. The molecule has 0 bridgehead atoms. The van der Waals surface area contributed by atoms with Gasteiger partial charge in [0.05, 0.1) is 6.26 Å². The highest BCUT2D eigenvalue weighted by molar-refractivity contribution is 14.0. The highest BCUT2D eigenvalue weighted by Crippen LogP contribution is 2.05. The van der Waals surface area contributed by atoms with Crippen molar-refractivity contribution in [2.75, 3.05) is 26.4 Å². The minimum Gasteiger partial charge on any atom is -0.356 e. The summed E-state index contributed by atoms with van der Waals surface area (Å²) in [4.78, 5) is 4.13.